The van der Waals surface area contributed by atoms with E-state index < -0.39 is 6.04 Å². The molecule has 0 aromatic carbocycles. The molecule has 92 valence electrons. The topological polar surface area (TPSA) is 106 Å². The first kappa shape index (κ1) is 12.0. The number of aromatic nitrogens is 1. The van der Waals surface area contributed by atoms with Crippen LogP contribution in [0.15, 0.2) is 5.38 Å². The maximum Gasteiger partial charge on any atom is 0.271 e. The van der Waals surface area contributed by atoms with Crippen LogP contribution in [0.5, 0.6) is 0 Å². The molecule has 0 saturated carbocycles. The van der Waals surface area contributed by atoms with Crippen molar-refractivity contribution in [2.75, 3.05) is 13.2 Å². The van der Waals surface area contributed by atoms with Crippen LogP contribution in [0.3, 0.4) is 0 Å². The molecule has 2 heterocycles. The molecule has 2 amide bonds. The van der Waals surface area contributed by atoms with Gasteiger partial charge in [-0.25, -0.2) is 10.5 Å². The van der Waals surface area contributed by atoms with Gasteiger partial charge in [-0.2, -0.15) is 0 Å². The van der Waals surface area contributed by atoms with Gasteiger partial charge in [0.15, 0.2) is 0 Å². The molecule has 1 saturated heterocycles. The standard InChI is InChI=1S/C9H12N4O3S/c10-2-1-7-11-6(4-17-7)8(14)12-5-3-16-13-9(5)15/h4-5H,1-3,10H2,(H,12,14)(H,13,15)/t5-/m1/s1. The molecule has 1 aromatic rings. The zero-order valence-electron chi connectivity index (χ0n) is 8.93. The number of hydrogen-bond acceptors (Lipinski definition) is 6. The minimum absolute atomic E-state index is 0.129. The highest BCUT2D eigenvalue weighted by Gasteiger charge is 2.27. The van der Waals surface area contributed by atoms with Gasteiger partial charge >= 0.3 is 0 Å². The average molecular weight is 256 g/mol. The van der Waals surface area contributed by atoms with Gasteiger partial charge in [0.25, 0.3) is 11.8 Å². The predicted octanol–water partition coefficient (Wildman–Crippen LogP) is -1.20. The van der Waals surface area contributed by atoms with E-state index in [0.29, 0.717) is 18.7 Å². The highest BCUT2D eigenvalue weighted by Crippen LogP contribution is 2.10. The van der Waals surface area contributed by atoms with Crippen molar-refractivity contribution >= 4 is 23.2 Å². The summed E-state index contributed by atoms with van der Waals surface area (Å²) < 4.78 is 0. The van der Waals surface area contributed by atoms with Crippen molar-refractivity contribution in [2.24, 2.45) is 5.73 Å². The lowest BCUT2D eigenvalue weighted by molar-refractivity contribution is -0.125. The Morgan fingerprint density at radius 1 is 1.76 bits per heavy atom. The lowest BCUT2D eigenvalue weighted by Gasteiger charge is -2.05. The fraction of sp³-hybridized carbons (Fsp3) is 0.444. The molecule has 1 aliphatic rings. The van der Waals surface area contributed by atoms with Crippen LogP contribution in [0.4, 0.5) is 0 Å². The SMILES string of the molecule is NCCc1nc(C(=O)N[C@@H]2CONC2=O)cs1. The Hall–Kier alpha value is -1.51. The summed E-state index contributed by atoms with van der Waals surface area (Å²) in [5.41, 5.74) is 7.86. The van der Waals surface area contributed by atoms with E-state index in [9.17, 15) is 9.59 Å². The molecule has 0 radical (unpaired) electrons. The van der Waals surface area contributed by atoms with Crippen molar-refractivity contribution in [1.29, 1.82) is 0 Å². The van der Waals surface area contributed by atoms with Crippen molar-refractivity contribution in [3.8, 4) is 0 Å². The monoisotopic (exact) mass is 256 g/mol. The number of rotatable bonds is 4. The number of carbonyl (C=O) groups excluding carboxylic acids is 2. The number of nitrogens with zero attached hydrogens (tertiary/aromatic N) is 1. The molecule has 2 rings (SSSR count). The normalized spacial score (nSPS) is 19.1. The highest BCUT2D eigenvalue weighted by molar-refractivity contribution is 7.09. The van der Waals surface area contributed by atoms with Crippen LogP contribution >= 0.6 is 11.3 Å². The zero-order valence-corrected chi connectivity index (χ0v) is 9.75. The first-order chi connectivity index (χ1) is 8.20. The van der Waals surface area contributed by atoms with Crippen LogP contribution in [-0.4, -0.2) is 36.0 Å². The fourth-order valence-corrected chi connectivity index (χ4v) is 2.13. The Labute approximate surface area is 101 Å². The number of carbonyl (C=O) groups is 2. The van der Waals surface area contributed by atoms with Gasteiger partial charge in [0.1, 0.15) is 18.3 Å². The second-order valence-electron chi connectivity index (χ2n) is 3.47. The van der Waals surface area contributed by atoms with Crippen LogP contribution in [0.2, 0.25) is 0 Å². The summed E-state index contributed by atoms with van der Waals surface area (Å²) in [6.07, 6.45) is 0.644. The molecule has 0 bridgehead atoms. The van der Waals surface area contributed by atoms with Gasteiger partial charge in [-0.15, -0.1) is 11.3 Å². The molecule has 0 unspecified atom stereocenters. The molecule has 4 N–H and O–H groups in total. The Balaban J connectivity index is 1.96. The van der Waals surface area contributed by atoms with Gasteiger partial charge in [0.05, 0.1) is 5.01 Å². The molecule has 1 aromatic heterocycles. The number of hydrogen-bond donors (Lipinski definition) is 3. The molecule has 7 nitrogen and oxygen atoms in total. The number of hydroxylamine groups is 1. The third-order valence-corrected chi connectivity index (χ3v) is 3.10. The molecule has 17 heavy (non-hydrogen) atoms. The Bertz CT molecular complexity index is 434. The van der Waals surface area contributed by atoms with Gasteiger partial charge in [-0.1, -0.05) is 0 Å². The minimum atomic E-state index is -0.651. The smallest absolute Gasteiger partial charge is 0.271 e. The van der Waals surface area contributed by atoms with Crippen LogP contribution in [0, 0.1) is 0 Å². The molecular weight excluding hydrogens is 244 g/mol. The third kappa shape index (κ3) is 2.78. The van der Waals surface area contributed by atoms with Crippen LogP contribution in [-0.2, 0) is 16.1 Å². The fourth-order valence-electron chi connectivity index (χ4n) is 1.34. The number of nitrogens with one attached hydrogen (secondary N) is 2. The highest BCUT2D eigenvalue weighted by atomic mass is 32.1. The van der Waals surface area contributed by atoms with Crippen LogP contribution < -0.4 is 16.5 Å². The van der Waals surface area contributed by atoms with E-state index in [1.54, 1.807) is 5.38 Å². The maximum atomic E-state index is 11.7. The van der Waals surface area contributed by atoms with Crippen molar-refractivity contribution < 1.29 is 14.4 Å². The van der Waals surface area contributed by atoms with E-state index in [2.05, 4.69) is 15.8 Å². The summed E-state index contributed by atoms with van der Waals surface area (Å²) in [7, 11) is 0. The van der Waals surface area contributed by atoms with Gasteiger partial charge in [0, 0.05) is 11.8 Å². The molecule has 1 fully saturated rings. The first-order valence-corrected chi connectivity index (χ1v) is 5.95. The summed E-state index contributed by atoms with van der Waals surface area (Å²) in [5, 5.41) is 4.99. The molecule has 8 heteroatoms. The van der Waals surface area contributed by atoms with Gasteiger partial charge in [-0.05, 0) is 6.54 Å². The lowest BCUT2D eigenvalue weighted by atomic mass is 10.3. The summed E-state index contributed by atoms with van der Waals surface area (Å²) >= 11 is 1.38. The Morgan fingerprint density at radius 3 is 3.24 bits per heavy atom. The van der Waals surface area contributed by atoms with E-state index in [0.717, 1.165) is 5.01 Å². The Morgan fingerprint density at radius 2 is 2.59 bits per heavy atom. The molecule has 0 aliphatic carbocycles. The van der Waals surface area contributed by atoms with Gasteiger partial charge < -0.3 is 11.1 Å². The second-order valence-corrected chi connectivity index (χ2v) is 4.41. The third-order valence-electron chi connectivity index (χ3n) is 2.19. The van der Waals surface area contributed by atoms with E-state index in [1.807, 2.05) is 0 Å². The van der Waals surface area contributed by atoms with Crippen molar-refractivity contribution in [3.63, 3.8) is 0 Å². The molecule has 1 aliphatic heterocycles. The summed E-state index contributed by atoms with van der Waals surface area (Å²) in [5.74, 6) is -0.731. The maximum absolute atomic E-state index is 11.7. The summed E-state index contributed by atoms with van der Waals surface area (Å²) in [6, 6.07) is -0.651. The van der Waals surface area contributed by atoms with E-state index >= 15 is 0 Å². The molecule has 1 atom stereocenters. The predicted molar refractivity (Wildman–Crippen MR) is 60.2 cm³/mol. The first-order valence-electron chi connectivity index (χ1n) is 5.07. The second kappa shape index (κ2) is 5.21. The number of thiazole rings is 1. The number of nitrogens with two attached hydrogens (primary N) is 1. The van der Waals surface area contributed by atoms with E-state index in [4.69, 9.17) is 10.6 Å². The van der Waals surface area contributed by atoms with Gasteiger partial charge in [0.2, 0.25) is 0 Å². The molecular formula is C9H12N4O3S. The van der Waals surface area contributed by atoms with Crippen LogP contribution in [0.25, 0.3) is 0 Å². The Kier molecular flexibility index (Phi) is 3.67. The van der Waals surface area contributed by atoms with E-state index in [-0.39, 0.29) is 18.4 Å². The largest absolute Gasteiger partial charge is 0.337 e. The van der Waals surface area contributed by atoms with E-state index in [1.165, 1.54) is 11.3 Å². The quantitative estimate of drug-likeness (QED) is 0.627. The van der Waals surface area contributed by atoms with Crippen molar-refractivity contribution in [1.82, 2.24) is 15.8 Å². The zero-order chi connectivity index (χ0) is 12.3. The lowest BCUT2D eigenvalue weighted by Crippen LogP contribution is -2.41. The average Bonchev–Trinajstić information content (AvgIpc) is 2.90. The van der Waals surface area contributed by atoms with Gasteiger partial charge in [-0.3, -0.25) is 14.4 Å². The van der Waals surface area contributed by atoms with Crippen molar-refractivity contribution in [2.45, 2.75) is 12.5 Å². The summed E-state index contributed by atoms with van der Waals surface area (Å²) in [6.45, 7) is 0.623. The summed E-state index contributed by atoms with van der Waals surface area (Å²) in [4.78, 5) is 31.7. The number of amides is 2. The minimum Gasteiger partial charge on any atom is -0.337 e. The van der Waals surface area contributed by atoms with Crippen molar-refractivity contribution in [3.05, 3.63) is 16.1 Å². The molecule has 0 spiro atoms. The van der Waals surface area contributed by atoms with Crippen LogP contribution in [0.1, 0.15) is 15.5 Å².